The van der Waals surface area contributed by atoms with Gasteiger partial charge in [-0.15, -0.1) is 0 Å². The Kier molecular flexibility index (Phi) is 3.32. The minimum Gasteiger partial charge on any atom is -0.508 e. The van der Waals surface area contributed by atoms with E-state index in [2.05, 4.69) is 9.72 Å². The molecule has 0 amide bonds. The molecule has 0 saturated carbocycles. The highest BCUT2D eigenvalue weighted by Gasteiger charge is 2.14. The Balaban J connectivity index is 2.28. The summed E-state index contributed by atoms with van der Waals surface area (Å²) in [6.45, 7) is 1.75. The number of ether oxygens (including phenoxy) is 1. The second-order valence-corrected chi connectivity index (χ2v) is 3.82. The summed E-state index contributed by atoms with van der Waals surface area (Å²) in [5, 5.41) is 9.20. The number of aromatic nitrogens is 1. The van der Waals surface area contributed by atoms with Crippen molar-refractivity contribution in [2.75, 3.05) is 7.11 Å². The number of hydrogen-bond donors (Lipinski definition) is 1. The monoisotopic (exact) mass is 247 g/mol. The third kappa shape index (κ3) is 2.51. The summed E-state index contributed by atoms with van der Waals surface area (Å²) < 4.78 is 10.1. The zero-order chi connectivity index (χ0) is 13.1. The number of oxazole rings is 1. The third-order valence-electron chi connectivity index (χ3n) is 2.55. The molecule has 94 valence electrons. The zero-order valence-electron chi connectivity index (χ0n) is 10.1. The van der Waals surface area contributed by atoms with Crippen molar-refractivity contribution in [3.8, 4) is 17.2 Å². The fraction of sp³-hybridized carbons (Fsp3) is 0.231. The molecule has 2 rings (SSSR count). The third-order valence-corrected chi connectivity index (χ3v) is 2.55. The lowest BCUT2D eigenvalue weighted by molar-refractivity contribution is -0.139. The Labute approximate surface area is 104 Å². The van der Waals surface area contributed by atoms with Crippen LogP contribution in [0.2, 0.25) is 0 Å². The Morgan fingerprint density at radius 2 is 2.06 bits per heavy atom. The first kappa shape index (κ1) is 12.2. The van der Waals surface area contributed by atoms with Crippen molar-refractivity contribution >= 4 is 5.97 Å². The first-order chi connectivity index (χ1) is 8.60. The number of phenolic OH excluding ortho intramolecular Hbond substituents is 1. The lowest BCUT2D eigenvalue weighted by Gasteiger charge is -1.95. The molecule has 0 aliphatic rings. The van der Waals surface area contributed by atoms with Crippen LogP contribution in [-0.4, -0.2) is 23.2 Å². The second kappa shape index (κ2) is 4.91. The second-order valence-electron chi connectivity index (χ2n) is 3.82. The maximum absolute atomic E-state index is 11.2. The number of aryl methyl sites for hydroxylation is 1. The fourth-order valence-corrected chi connectivity index (χ4v) is 1.53. The van der Waals surface area contributed by atoms with Gasteiger partial charge in [0.1, 0.15) is 11.5 Å². The quantitative estimate of drug-likeness (QED) is 0.840. The van der Waals surface area contributed by atoms with Crippen LogP contribution < -0.4 is 0 Å². The molecule has 0 atom stereocenters. The summed E-state index contributed by atoms with van der Waals surface area (Å²) in [5.74, 6) is 0.829. The van der Waals surface area contributed by atoms with Crippen molar-refractivity contribution in [1.29, 1.82) is 0 Å². The number of esters is 1. The smallest absolute Gasteiger partial charge is 0.311 e. The Bertz CT molecular complexity index is 557. The maximum atomic E-state index is 11.2. The van der Waals surface area contributed by atoms with Crippen LogP contribution in [0.3, 0.4) is 0 Å². The van der Waals surface area contributed by atoms with E-state index in [1.54, 1.807) is 31.2 Å². The minimum absolute atomic E-state index is 0.0872. The average molecular weight is 247 g/mol. The standard InChI is InChI=1S/C13H13NO4/c1-8-11(7-12(16)17-2)14-13(18-8)9-3-5-10(15)6-4-9/h3-6,15H,7H2,1-2H3. The number of rotatable bonds is 3. The van der Waals surface area contributed by atoms with Crippen molar-refractivity contribution in [2.24, 2.45) is 0 Å². The predicted molar refractivity (Wildman–Crippen MR) is 64.1 cm³/mol. The van der Waals surface area contributed by atoms with Gasteiger partial charge in [0.15, 0.2) is 0 Å². The summed E-state index contributed by atoms with van der Waals surface area (Å²) >= 11 is 0. The van der Waals surface area contributed by atoms with E-state index >= 15 is 0 Å². The van der Waals surface area contributed by atoms with Crippen LogP contribution in [-0.2, 0) is 16.0 Å². The first-order valence-corrected chi connectivity index (χ1v) is 5.42. The van der Waals surface area contributed by atoms with Crippen molar-refractivity contribution in [1.82, 2.24) is 4.98 Å². The van der Waals surface area contributed by atoms with Gasteiger partial charge in [0.25, 0.3) is 0 Å². The number of carbonyl (C=O) groups excluding carboxylic acids is 1. The molecule has 0 unspecified atom stereocenters. The van der Waals surface area contributed by atoms with Gasteiger partial charge in [-0.25, -0.2) is 4.98 Å². The summed E-state index contributed by atoms with van der Waals surface area (Å²) in [5.41, 5.74) is 1.30. The van der Waals surface area contributed by atoms with Crippen LogP contribution >= 0.6 is 0 Å². The summed E-state index contributed by atoms with van der Waals surface area (Å²) in [4.78, 5) is 15.4. The largest absolute Gasteiger partial charge is 0.508 e. The molecule has 0 spiro atoms. The van der Waals surface area contributed by atoms with Crippen molar-refractivity contribution in [3.63, 3.8) is 0 Å². The maximum Gasteiger partial charge on any atom is 0.311 e. The topological polar surface area (TPSA) is 72.6 Å². The molecule has 0 aliphatic heterocycles. The van der Waals surface area contributed by atoms with Gasteiger partial charge >= 0.3 is 5.97 Å². The minimum atomic E-state index is -0.358. The van der Waals surface area contributed by atoms with Gasteiger partial charge in [0.2, 0.25) is 5.89 Å². The number of methoxy groups -OCH3 is 1. The van der Waals surface area contributed by atoms with Gasteiger partial charge in [-0.05, 0) is 31.2 Å². The van der Waals surface area contributed by atoms with Crippen molar-refractivity contribution in [3.05, 3.63) is 35.7 Å². The molecule has 5 heteroatoms. The van der Waals surface area contributed by atoms with Crippen molar-refractivity contribution < 1.29 is 19.1 Å². The fourth-order valence-electron chi connectivity index (χ4n) is 1.53. The molecule has 0 saturated heterocycles. The van der Waals surface area contributed by atoms with Crippen LogP contribution in [0.1, 0.15) is 11.5 Å². The van der Waals surface area contributed by atoms with E-state index in [1.165, 1.54) is 7.11 Å². The molecule has 0 fully saturated rings. The molecule has 5 nitrogen and oxygen atoms in total. The van der Waals surface area contributed by atoms with E-state index < -0.39 is 0 Å². The molecule has 1 heterocycles. The molecule has 1 N–H and O–H groups in total. The van der Waals surface area contributed by atoms with Gasteiger partial charge in [-0.2, -0.15) is 0 Å². The van der Waals surface area contributed by atoms with E-state index in [1.807, 2.05) is 0 Å². The average Bonchev–Trinajstić information content (AvgIpc) is 2.71. The molecule has 18 heavy (non-hydrogen) atoms. The highest BCUT2D eigenvalue weighted by molar-refractivity contribution is 5.72. The molecule has 0 bridgehead atoms. The normalized spacial score (nSPS) is 10.3. The van der Waals surface area contributed by atoms with Gasteiger partial charge in [-0.1, -0.05) is 0 Å². The van der Waals surface area contributed by atoms with Gasteiger partial charge in [-0.3, -0.25) is 4.79 Å². The van der Waals surface area contributed by atoms with E-state index in [0.717, 1.165) is 5.56 Å². The molecule has 1 aromatic carbocycles. The zero-order valence-corrected chi connectivity index (χ0v) is 10.1. The Hall–Kier alpha value is -2.30. The molecule has 0 radical (unpaired) electrons. The Morgan fingerprint density at radius 1 is 1.39 bits per heavy atom. The highest BCUT2D eigenvalue weighted by Crippen LogP contribution is 2.23. The van der Waals surface area contributed by atoms with Crippen LogP contribution in [0.25, 0.3) is 11.5 Å². The molecular weight excluding hydrogens is 234 g/mol. The van der Waals surface area contributed by atoms with E-state index in [0.29, 0.717) is 17.3 Å². The SMILES string of the molecule is COC(=O)Cc1nc(-c2ccc(O)cc2)oc1C. The van der Waals surface area contributed by atoms with Gasteiger partial charge in [0.05, 0.1) is 19.2 Å². The van der Waals surface area contributed by atoms with E-state index in [4.69, 9.17) is 4.42 Å². The van der Waals surface area contributed by atoms with Crippen LogP contribution in [0, 0.1) is 6.92 Å². The molecule has 1 aromatic heterocycles. The molecule has 2 aromatic rings. The lowest BCUT2D eigenvalue weighted by Crippen LogP contribution is -2.05. The molecular formula is C13H13NO4. The van der Waals surface area contributed by atoms with E-state index in [-0.39, 0.29) is 18.1 Å². The number of carbonyl (C=O) groups is 1. The van der Waals surface area contributed by atoms with Crippen molar-refractivity contribution in [2.45, 2.75) is 13.3 Å². The summed E-state index contributed by atoms with van der Waals surface area (Å²) in [7, 11) is 1.33. The number of hydrogen-bond acceptors (Lipinski definition) is 5. The first-order valence-electron chi connectivity index (χ1n) is 5.42. The number of phenols is 1. The van der Waals surface area contributed by atoms with Crippen LogP contribution in [0.5, 0.6) is 5.75 Å². The number of nitrogens with zero attached hydrogens (tertiary/aromatic N) is 1. The van der Waals surface area contributed by atoms with Gasteiger partial charge in [0, 0.05) is 5.56 Å². The van der Waals surface area contributed by atoms with Gasteiger partial charge < -0.3 is 14.3 Å². The number of benzene rings is 1. The van der Waals surface area contributed by atoms with E-state index in [9.17, 15) is 9.90 Å². The Morgan fingerprint density at radius 3 is 2.67 bits per heavy atom. The molecule has 0 aliphatic carbocycles. The predicted octanol–water partition coefficient (Wildman–Crippen LogP) is 2.07. The summed E-state index contributed by atoms with van der Waals surface area (Å²) in [6, 6.07) is 6.49. The van der Waals surface area contributed by atoms with Crippen LogP contribution in [0.15, 0.2) is 28.7 Å². The van der Waals surface area contributed by atoms with Crippen LogP contribution in [0.4, 0.5) is 0 Å². The number of aromatic hydroxyl groups is 1. The lowest BCUT2D eigenvalue weighted by atomic mass is 10.2. The summed E-state index contributed by atoms with van der Waals surface area (Å²) in [6.07, 6.45) is 0.0872. The highest BCUT2D eigenvalue weighted by atomic mass is 16.5.